The SMILES string of the molecule is CNSc1cccc(Nc2cc(Nc3ccc(Cl)c(Cl)c3)ncn2)c1. The quantitative estimate of drug-likeness (QED) is 0.482. The van der Waals surface area contributed by atoms with Gasteiger partial charge in [0, 0.05) is 22.3 Å². The topological polar surface area (TPSA) is 61.9 Å². The van der Waals surface area contributed by atoms with Crippen molar-refractivity contribution in [3.63, 3.8) is 0 Å². The van der Waals surface area contributed by atoms with Gasteiger partial charge in [-0.25, -0.2) is 9.97 Å². The van der Waals surface area contributed by atoms with E-state index in [0.717, 1.165) is 16.3 Å². The van der Waals surface area contributed by atoms with Gasteiger partial charge in [0.05, 0.1) is 10.0 Å². The number of benzene rings is 2. The van der Waals surface area contributed by atoms with Crippen LogP contribution in [0.25, 0.3) is 0 Å². The molecule has 2 aromatic carbocycles. The van der Waals surface area contributed by atoms with Crippen LogP contribution >= 0.6 is 35.1 Å². The molecule has 0 saturated heterocycles. The van der Waals surface area contributed by atoms with E-state index in [-0.39, 0.29) is 0 Å². The van der Waals surface area contributed by atoms with E-state index in [2.05, 4.69) is 25.3 Å². The summed E-state index contributed by atoms with van der Waals surface area (Å²) in [6.45, 7) is 0. The molecule has 0 spiro atoms. The van der Waals surface area contributed by atoms with Gasteiger partial charge in [-0.3, -0.25) is 4.72 Å². The normalized spacial score (nSPS) is 10.5. The van der Waals surface area contributed by atoms with E-state index >= 15 is 0 Å². The third-order valence-corrected chi connectivity index (χ3v) is 4.62. The number of anilines is 4. The maximum Gasteiger partial charge on any atom is 0.135 e. The van der Waals surface area contributed by atoms with Crippen LogP contribution in [0.4, 0.5) is 23.0 Å². The molecule has 0 saturated carbocycles. The standard InChI is InChI=1S/C17H15Cl2N5S/c1-20-25-13-4-2-3-11(7-13)23-16-9-17(22-10-21-16)24-12-5-6-14(18)15(19)8-12/h2-10,20H,1H3,(H2,21,22,23,24). The molecule has 8 heteroatoms. The maximum atomic E-state index is 6.04. The number of nitrogens with zero attached hydrogens (tertiary/aromatic N) is 2. The summed E-state index contributed by atoms with van der Waals surface area (Å²) in [6.07, 6.45) is 1.49. The summed E-state index contributed by atoms with van der Waals surface area (Å²) in [7, 11) is 1.89. The Labute approximate surface area is 160 Å². The third-order valence-electron chi connectivity index (χ3n) is 3.19. The molecule has 0 aliphatic carbocycles. The highest BCUT2D eigenvalue weighted by Crippen LogP contribution is 2.27. The first kappa shape index (κ1) is 17.8. The molecule has 0 unspecified atom stereocenters. The summed E-state index contributed by atoms with van der Waals surface area (Å²) in [6, 6.07) is 15.2. The minimum atomic E-state index is 0.484. The predicted molar refractivity (Wildman–Crippen MR) is 106 cm³/mol. The average Bonchev–Trinajstić information content (AvgIpc) is 2.59. The van der Waals surface area contributed by atoms with Crippen LogP contribution in [0.2, 0.25) is 10.0 Å². The van der Waals surface area contributed by atoms with Crippen LogP contribution in [0, 0.1) is 0 Å². The third kappa shape index (κ3) is 4.99. The highest BCUT2D eigenvalue weighted by molar-refractivity contribution is 7.97. The Morgan fingerprint density at radius 1 is 0.840 bits per heavy atom. The Bertz CT molecular complexity index is 875. The van der Waals surface area contributed by atoms with E-state index in [9.17, 15) is 0 Å². The van der Waals surface area contributed by atoms with Crippen molar-refractivity contribution in [1.29, 1.82) is 0 Å². The Morgan fingerprint density at radius 3 is 2.24 bits per heavy atom. The van der Waals surface area contributed by atoms with Crippen molar-refractivity contribution in [1.82, 2.24) is 14.7 Å². The average molecular weight is 392 g/mol. The van der Waals surface area contributed by atoms with Gasteiger partial charge in [-0.05, 0) is 55.4 Å². The predicted octanol–water partition coefficient (Wildman–Crippen LogP) is 5.50. The van der Waals surface area contributed by atoms with Crippen LogP contribution in [0.1, 0.15) is 0 Å². The zero-order chi connectivity index (χ0) is 17.6. The van der Waals surface area contributed by atoms with Gasteiger partial charge in [-0.1, -0.05) is 29.3 Å². The fourth-order valence-electron chi connectivity index (χ4n) is 2.12. The molecular formula is C17H15Cl2N5S. The molecule has 128 valence electrons. The van der Waals surface area contributed by atoms with E-state index in [0.29, 0.717) is 21.7 Å². The summed E-state index contributed by atoms with van der Waals surface area (Å²) < 4.78 is 3.05. The number of nitrogens with one attached hydrogen (secondary N) is 3. The molecule has 0 fully saturated rings. The Kier molecular flexibility index (Phi) is 5.99. The number of aromatic nitrogens is 2. The zero-order valence-electron chi connectivity index (χ0n) is 13.3. The van der Waals surface area contributed by atoms with Crippen molar-refractivity contribution in [2.75, 3.05) is 17.7 Å². The van der Waals surface area contributed by atoms with Crippen molar-refractivity contribution < 1.29 is 0 Å². The molecule has 0 amide bonds. The Balaban J connectivity index is 1.75. The number of hydrogen-bond donors (Lipinski definition) is 3. The van der Waals surface area contributed by atoms with Gasteiger partial charge in [0.2, 0.25) is 0 Å². The Hall–Kier alpha value is -1.99. The van der Waals surface area contributed by atoms with Crippen molar-refractivity contribution in [2.24, 2.45) is 0 Å². The summed E-state index contributed by atoms with van der Waals surface area (Å²) in [5.41, 5.74) is 1.74. The monoisotopic (exact) mass is 391 g/mol. The molecule has 3 N–H and O–H groups in total. The molecule has 0 bridgehead atoms. The molecule has 3 rings (SSSR count). The van der Waals surface area contributed by atoms with E-state index in [1.807, 2.05) is 43.4 Å². The summed E-state index contributed by atoms with van der Waals surface area (Å²) in [5.74, 6) is 1.33. The molecule has 1 heterocycles. The van der Waals surface area contributed by atoms with Gasteiger partial charge in [0.1, 0.15) is 18.0 Å². The molecule has 0 aliphatic rings. The maximum absolute atomic E-state index is 6.04. The van der Waals surface area contributed by atoms with E-state index < -0.39 is 0 Å². The van der Waals surface area contributed by atoms with Crippen molar-refractivity contribution >= 4 is 58.2 Å². The summed E-state index contributed by atoms with van der Waals surface area (Å²) in [5, 5.41) is 7.45. The van der Waals surface area contributed by atoms with E-state index in [4.69, 9.17) is 23.2 Å². The molecule has 3 aromatic rings. The lowest BCUT2D eigenvalue weighted by atomic mass is 10.3. The molecular weight excluding hydrogens is 377 g/mol. The van der Waals surface area contributed by atoms with Gasteiger partial charge in [-0.15, -0.1) is 0 Å². The highest BCUT2D eigenvalue weighted by Gasteiger charge is 2.04. The minimum Gasteiger partial charge on any atom is -0.340 e. The second kappa shape index (κ2) is 8.40. The van der Waals surface area contributed by atoms with Crippen molar-refractivity contribution in [2.45, 2.75) is 4.90 Å². The largest absolute Gasteiger partial charge is 0.340 e. The zero-order valence-corrected chi connectivity index (χ0v) is 15.6. The van der Waals surface area contributed by atoms with Crippen molar-refractivity contribution in [3.05, 3.63) is 64.9 Å². The first-order valence-electron chi connectivity index (χ1n) is 7.39. The number of hydrogen-bond acceptors (Lipinski definition) is 6. The molecule has 5 nitrogen and oxygen atoms in total. The molecule has 0 atom stereocenters. The smallest absolute Gasteiger partial charge is 0.135 e. The van der Waals surface area contributed by atoms with E-state index in [1.165, 1.54) is 6.33 Å². The summed E-state index contributed by atoms with van der Waals surface area (Å²) in [4.78, 5) is 9.58. The van der Waals surface area contributed by atoms with E-state index in [1.54, 1.807) is 24.1 Å². The van der Waals surface area contributed by atoms with Crippen LogP contribution in [0.3, 0.4) is 0 Å². The lowest BCUT2D eigenvalue weighted by Gasteiger charge is -2.10. The molecule has 25 heavy (non-hydrogen) atoms. The second-order valence-corrected chi connectivity index (χ2v) is 6.90. The van der Waals surface area contributed by atoms with Crippen LogP contribution < -0.4 is 15.4 Å². The fraction of sp³-hybridized carbons (Fsp3) is 0.0588. The van der Waals surface area contributed by atoms with Gasteiger partial charge >= 0.3 is 0 Å². The van der Waals surface area contributed by atoms with Crippen LogP contribution in [0.5, 0.6) is 0 Å². The van der Waals surface area contributed by atoms with Crippen molar-refractivity contribution in [3.8, 4) is 0 Å². The minimum absolute atomic E-state index is 0.484. The first-order chi connectivity index (χ1) is 12.1. The lowest BCUT2D eigenvalue weighted by molar-refractivity contribution is 1.16. The highest BCUT2D eigenvalue weighted by atomic mass is 35.5. The number of halogens is 2. The van der Waals surface area contributed by atoms with Gasteiger partial charge in [0.15, 0.2) is 0 Å². The number of rotatable bonds is 6. The second-order valence-electron chi connectivity index (χ2n) is 5.00. The lowest BCUT2D eigenvalue weighted by Crippen LogP contribution is -1.99. The molecule has 0 radical (unpaired) electrons. The molecule has 1 aromatic heterocycles. The van der Waals surface area contributed by atoms with Crippen LogP contribution in [-0.2, 0) is 0 Å². The Morgan fingerprint density at radius 2 is 1.56 bits per heavy atom. The van der Waals surface area contributed by atoms with Gasteiger partial charge in [0.25, 0.3) is 0 Å². The fourth-order valence-corrected chi connectivity index (χ4v) is 2.99. The van der Waals surface area contributed by atoms with Gasteiger partial charge in [-0.2, -0.15) is 0 Å². The van der Waals surface area contributed by atoms with Crippen LogP contribution in [-0.4, -0.2) is 17.0 Å². The van der Waals surface area contributed by atoms with Crippen LogP contribution in [0.15, 0.2) is 59.8 Å². The van der Waals surface area contributed by atoms with Gasteiger partial charge < -0.3 is 10.6 Å². The first-order valence-corrected chi connectivity index (χ1v) is 8.96. The molecule has 0 aliphatic heterocycles. The summed E-state index contributed by atoms with van der Waals surface area (Å²) >= 11 is 13.5.